The van der Waals surface area contributed by atoms with Crippen LogP contribution in [0.1, 0.15) is 12.5 Å². The highest BCUT2D eigenvalue weighted by Gasteiger charge is 2.19. The molecule has 0 aliphatic carbocycles. The number of carbonyl (C=O) groups excluding carboxylic acids is 1. The zero-order chi connectivity index (χ0) is 15.9. The maximum Gasteiger partial charge on any atom is 0.317 e. The van der Waals surface area contributed by atoms with Crippen LogP contribution in [0.15, 0.2) is 18.2 Å². The van der Waals surface area contributed by atoms with E-state index in [9.17, 15) is 4.79 Å². The molecule has 0 atom stereocenters. The van der Waals surface area contributed by atoms with Gasteiger partial charge in [-0.1, -0.05) is 18.5 Å². The third-order valence-corrected chi connectivity index (χ3v) is 4.11. The molecule has 1 aromatic rings. The Labute approximate surface area is 137 Å². The van der Waals surface area contributed by atoms with Gasteiger partial charge in [0.15, 0.2) is 0 Å². The lowest BCUT2D eigenvalue weighted by Gasteiger charge is -2.33. The molecule has 6 heteroatoms. The van der Waals surface area contributed by atoms with Crippen LogP contribution < -0.4 is 10.1 Å². The van der Waals surface area contributed by atoms with Crippen molar-refractivity contribution in [1.82, 2.24) is 15.1 Å². The lowest BCUT2D eigenvalue weighted by molar-refractivity contribution is 0.142. The molecule has 22 heavy (non-hydrogen) atoms. The topological polar surface area (TPSA) is 44.8 Å². The number of amides is 2. The van der Waals surface area contributed by atoms with Crippen LogP contribution in [-0.2, 0) is 0 Å². The highest BCUT2D eigenvalue weighted by molar-refractivity contribution is 6.30. The van der Waals surface area contributed by atoms with Gasteiger partial charge in [0.25, 0.3) is 0 Å². The monoisotopic (exact) mass is 325 g/mol. The van der Waals surface area contributed by atoms with E-state index in [-0.39, 0.29) is 6.03 Å². The summed E-state index contributed by atoms with van der Waals surface area (Å²) >= 11 is 5.91. The third-order valence-electron chi connectivity index (χ3n) is 3.88. The molecule has 0 bridgehead atoms. The molecule has 1 aliphatic rings. The molecule has 1 saturated heterocycles. The molecular weight excluding hydrogens is 302 g/mol. The van der Waals surface area contributed by atoms with Crippen molar-refractivity contribution in [3.63, 3.8) is 0 Å². The van der Waals surface area contributed by atoms with Crippen molar-refractivity contribution in [3.8, 4) is 5.75 Å². The highest BCUT2D eigenvalue weighted by Crippen LogP contribution is 2.21. The summed E-state index contributed by atoms with van der Waals surface area (Å²) in [5, 5.41) is 3.60. The minimum absolute atomic E-state index is 0.00724. The van der Waals surface area contributed by atoms with Crippen molar-refractivity contribution in [3.05, 3.63) is 28.8 Å². The number of benzene rings is 1. The van der Waals surface area contributed by atoms with Crippen molar-refractivity contribution >= 4 is 17.6 Å². The number of nitrogens with zero attached hydrogens (tertiary/aromatic N) is 2. The van der Waals surface area contributed by atoms with Gasteiger partial charge in [0.1, 0.15) is 12.4 Å². The molecule has 122 valence electrons. The molecule has 0 saturated carbocycles. The van der Waals surface area contributed by atoms with E-state index in [0.717, 1.165) is 44.0 Å². The van der Waals surface area contributed by atoms with Gasteiger partial charge < -0.3 is 19.9 Å². The Morgan fingerprint density at radius 3 is 2.68 bits per heavy atom. The smallest absolute Gasteiger partial charge is 0.317 e. The average Bonchev–Trinajstić information content (AvgIpc) is 2.53. The van der Waals surface area contributed by atoms with Crippen LogP contribution in [-0.4, -0.2) is 61.7 Å². The second kappa shape index (κ2) is 8.25. The van der Waals surface area contributed by atoms with Gasteiger partial charge in [-0.3, -0.25) is 0 Å². The van der Waals surface area contributed by atoms with Gasteiger partial charge in [-0.25, -0.2) is 4.79 Å². The minimum Gasteiger partial charge on any atom is -0.491 e. The quantitative estimate of drug-likeness (QED) is 0.845. The van der Waals surface area contributed by atoms with Crippen LogP contribution in [0.4, 0.5) is 4.79 Å². The maximum absolute atomic E-state index is 12.0. The second-order valence-corrected chi connectivity index (χ2v) is 5.85. The summed E-state index contributed by atoms with van der Waals surface area (Å²) < 4.78 is 5.66. The van der Waals surface area contributed by atoms with Gasteiger partial charge in [-0.05, 0) is 37.2 Å². The van der Waals surface area contributed by atoms with E-state index >= 15 is 0 Å². The molecular formula is C16H24ClN3O2. The fourth-order valence-electron chi connectivity index (χ4n) is 2.47. The van der Waals surface area contributed by atoms with Gasteiger partial charge in [-0.2, -0.15) is 0 Å². The Kier molecular flexibility index (Phi) is 6.34. The normalized spacial score (nSPS) is 15.7. The zero-order valence-corrected chi connectivity index (χ0v) is 14.0. The Bertz CT molecular complexity index is 502. The van der Waals surface area contributed by atoms with E-state index < -0.39 is 0 Å². The van der Waals surface area contributed by atoms with Crippen LogP contribution >= 0.6 is 11.6 Å². The van der Waals surface area contributed by atoms with Crippen molar-refractivity contribution in [2.24, 2.45) is 0 Å². The molecule has 0 unspecified atom stereocenters. The number of ether oxygens (including phenoxy) is 1. The molecule has 0 radical (unpaired) electrons. The minimum atomic E-state index is -0.00724. The van der Waals surface area contributed by atoms with Crippen molar-refractivity contribution in [1.29, 1.82) is 0 Å². The lowest BCUT2D eigenvalue weighted by Crippen LogP contribution is -2.52. The summed E-state index contributed by atoms with van der Waals surface area (Å²) in [4.78, 5) is 16.2. The molecule has 0 spiro atoms. The maximum atomic E-state index is 12.0. The summed E-state index contributed by atoms with van der Waals surface area (Å²) in [6, 6.07) is 5.51. The second-order valence-electron chi connectivity index (χ2n) is 5.41. The fourth-order valence-corrected chi connectivity index (χ4v) is 2.70. The number of piperazine rings is 1. The number of rotatable bonds is 5. The molecule has 2 amide bonds. The number of urea groups is 1. The Morgan fingerprint density at radius 2 is 2.05 bits per heavy atom. The Hall–Kier alpha value is -1.46. The van der Waals surface area contributed by atoms with Gasteiger partial charge in [-0.15, -0.1) is 0 Å². The summed E-state index contributed by atoms with van der Waals surface area (Å²) in [6.07, 6.45) is 0. The van der Waals surface area contributed by atoms with E-state index in [4.69, 9.17) is 16.3 Å². The number of likely N-dealkylation sites (N-methyl/N-ethyl adjacent to an activating group) is 1. The van der Waals surface area contributed by atoms with Crippen LogP contribution in [0.5, 0.6) is 5.75 Å². The zero-order valence-electron chi connectivity index (χ0n) is 13.3. The predicted octanol–water partition coefficient (Wildman–Crippen LogP) is 2.37. The Balaban J connectivity index is 1.67. The van der Waals surface area contributed by atoms with E-state index in [1.54, 1.807) is 6.07 Å². The number of hydrogen-bond acceptors (Lipinski definition) is 3. The van der Waals surface area contributed by atoms with Crippen LogP contribution in [0.3, 0.4) is 0 Å². The summed E-state index contributed by atoms with van der Waals surface area (Å²) in [5.74, 6) is 0.801. The summed E-state index contributed by atoms with van der Waals surface area (Å²) in [5.41, 5.74) is 0.995. The van der Waals surface area contributed by atoms with E-state index in [2.05, 4.69) is 17.1 Å². The SMILES string of the molecule is CCN1CCN(C(=O)NCCOc2ccc(Cl)cc2C)CC1. The molecule has 1 N–H and O–H groups in total. The average molecular weight is 326 g/mol. The van der Waals surface area contributed by atoms with Gasteiger partial charge in [0.2, 0.25) is 0 Å². The molecule has 1 aliphatic heterocycles. The lowest BCUT2D eigenvalue weighted by atomic mass is 10.2. The molecule has 5 nitrogen and oxygen atoms in total. The molecule has 0 aromatic heterocycles. The van der Waals surface area contributed by atoms with Gasteiger partial charge in [0, 0.05) is 31.2 Å². The molecule has 1 aromatic carbocycles. The number of nitrogens with one attached hydrogen (secondary N) is 1. The van der Waals surface area contributed by atoms with E-state index in [0.29, 0.717) is 18.2 Å². The summed E-state index contributed by atoms with van der Waals surface area (Å²) in [6.45, 7) is 9.56. The standard InChI is InChI=1S/C16H24ClN3O2/c1-3-19-7-9-20(10-8-19)16(21)18-6-11-22-15-5-4-14(17)12-13(15)2/h4-5,12H,3,6-11H2,1-2H3,(H,18,21). The first-order chi connectivity index (χ1) is 10.6. The number of hydrogen-bond donors (Lipinski definition) is 1. The van der Waals surface area contributed by atoms with Crippen LogP contribution in [0.25, 0.3) is 0 Å². The molecule has 2 rings (SSSR count). The predicted molar refractivity (Wildman–Crippen MR) is 88.8 cm³/mol. The van der Waals surface area contributed by atoms with E-state index in [1.165, 1.54) is 0 Å². The first-order valence-corrected chi connectivity index (χ1v) is 8.12. The van der Waals surface area contributed by atoms with Crippen molar-refractivity contribution in [2.45, 2.75) is 13.8 Å². The van der Waals surface area contributed by atoms with Gasteiger partial charge >= 0.3 is 6.03 Å². The number of carbonyl (C=O) groups is 1. The van der Waals surface area contributed by atoms with Crippen LogP contribution in [0.2, 0.25) is 5.02 Å². The largest absolute Gasteiger partial charge is 0.491 e. The van der Waals surface area contributed by atoms with E-state index in [1.807, 2.05) is 24.0 Å². The number of aryl methyl sites for hydroxylation is 1. The number of halogens is 1. The third kappa shape index (κ3) is 4.78. The highest BCUT2D eigenvalue weighted by atomic mass is 35.5. The first kappa shape index (κ1) is 16.9. The first-order valence-electron chi connectivity index (χ1n) is 7.74. The van der Waals surface area contributed by atoms with Crippen molar-refractivity contribution in [2.75, 3.05) is 45.9 Å². The van der Waals surface area contributed by atoms with Gasteiger partial charge in [0.05, 0.1) is 6.54 Å². The summed E-state index contributed by atoms with van der Waals surface area (Å²) in [7, 11) is 0. The Morgan fingerprint density at radius 1 is 1.32 bits per heavy atom. The molecule has 1 heterocycles. The fraction of sp³-hybridized carbons (Fsp3) is 0.562. The van der Waals surface area contributed by atoms with Crippen molar-refractivity contribution < 1.29 is 9.53 Å². The van der Waals surface area contributed by atoms with Crippen LogP contribution in [0, 0.1) is 6.92 Å². The molecule has 1 fully saturated rings.